The van der Waals surface area contributed by atoms with Gasteiger partial charge >= 0.3 is 5.97 Å². The van der Waals surface area contributed by atoms with E-state index in [0.717, 1.165) is 36.1 Å². The Morgan fingerprint density at radius 3 is 2.86 bits per heavy atom. The molecule has 1 aromatic carbocycles. The molecule has 0 bridgehead atoms. The predicted octanol–water partition coefficient (Wildman–Crippen LogP) is 5.17. The molecule has 0 saturated carbocycles. The van der Waals surface area contributed by atoms with Crippen molar-refractivity contribution < 1.29 is 19.1 Å². The third-order valence-electron chi connectivity index (χ3n) is 4.60. The number of aryl methyl sites for hydroxylation is 2. The lowest BCUT2D eigenvalue weighted by Gasteiger charge is -2.10. The minimum absolute atomic E-state index is 0.123. The van der Waals surface area contributed by atoms with Crippen LogP contribution in [0, 0.1) is 6.92 Å². The summed E-state index contributed by atoms with van der Waals surface area (Å²) < 4.78 is 10.9. The summed E-state index contributed by atoms with van der Waals surface area (Å²) in [6.45, 7) is 4.46. The quantitative estimate of drug-likeness (QED) is 0.471. The molecule has 1 aliphatic carbocycles. The number of fused-ring (bicyclic) bond motifs is 1. The van der Waals surface area contributed by atoms with Crippen LogP contribution in [0.4, 0.5) is 5.00 Å². The molecule has 2 aromatic rings. The van der Waals surface area contributed by atoms with Crippen molar-refractivity contribution >= 4 is 39.8 Å². The number of carbonyl (C=O) groups is 2. The van der Waals surface area contributed by atoms with Gasteiger partial charge in [-0.3, -0.25) is 4.79 Å². The SMILES string of the molecule is CCOC(=O)c1c(NC(=O)CCCOc2ccc(Cl)cc2C)sc2c1CCC2. The molecular weight excluding hydrogens is 398 g/mol. The van der Waals surface area contributed by atoms with Gasteiger partial charge in [-0.25, -0.2) is 4.79 Å². The molecule has 5 nitrogen and oxygen atoms in total. The Labute approximate surface area is 174 Å². The fraction of sp³-hybridized carbons (Fsp3) is 0.429. The molecule has 1 aliphatic rings. The van der Waals surface area contributed by atoms with Crippen molar-refractivity contribution in [3.63, 3.8) is 0 Å². The summed E-state index contributed by atoms with van der Waals surface area (Å²) in [5.41, 5.74) is 2.55. The number of hydrogen-bond donors (Lipinski definition) is 1. The average molecular weight is 422 g/mol. The molecule has 7 heteroatoms. The van der Waals surface area contributed by atoms with E-state index in [2.05, 4.69) is 5.32 Å². The van der Waals surface area contributed by atoms with Crippen LogP contribution in [0.3, 0.4) is 0 Å². The zero-order valence-corrected chi connectivity index (χ0v) is 17.7. The summed E-state index contributed by atoms with van der Waals surface area (Å²) >= 11 is 7.43. The third-order valence-corrected chi connectivity index (χ3v) is 6.04. The van der Waals surface area contributed by atoms with Gasteiger partial charge in [-0.15, -0.1) is 11.3 Å². The molecule has 0 aliphatic heterocycles. The summed E-state index contributed by atoms with van der Waals surface area (Å²) in [7, 11) is 0. The zero-order valence-electron chi connectivity index (χ0n) is 16.1. The Kier molecular flexibility index (Phi) is 6.97. The van der Waals surface area contributed by atoms with Crippen LogP contribution in [-0.4, -0.2) is 25.1 Å². The molecule has 1 aromatic heterocycles. The van der Waals surface area contributed by atoms with Crippen LogP contribution < -0.4 is 10.1 Å². The van der Waals surface area contributed by atoms with Gasteiger partial charge in [0.2, 0.25) is 5.91 Å². The molecule has 1 amide bonds. The summed E-state index contributed by atoms with van der Waals surface area (Å²) in [5.74, 6) is 0.296. The molecule has 0 spiro atoms. The molecular formula is C21H24ClNO4S. The van der Waals surface area contributed by atoms with Crippen molar-refractivity contribution in [1.82, 2.24) is 0 Å². The Balaban J connectivity index is 1.54. The van der Waals surface area contributed by atoms with Crippen LogP contribution in [0.25, 0.3) is 0 Å². The van der Waals surface area contributed by atoms with Gasteiger partial charge in [0.05, 0.1) is 18.8 Å². The Morgan fingerprint density at radius 2 is 2.11 bits per heavy atom. The second-order valence-corrected chi connectivity index (χ2v) is 8.23. The molecule has 0 unspecified atom stereocenters. The number of nitrogens with one attached hydrogen (secondary N) is 1. The largest absolute Gasteiger partial charge is 0.493 e. The molecule has 1 heterocycles. The van der Waals surface area contributed by atoms with Gasteiger partial charge in [-0.1, -0.05) is 11.6 Å². The first kappa shape index (κ1) is 20.7. The molecule has 3 rings (SSSR count). The standard InChI is InChI=1S/C21H24ClNO4S/c1-3-26-21(25)19-15-6-4-7-17(15)28-20(19)23-18(24)8-5-11-27-16-10-9-14(22)12-13(16)2/h9-10,12H,3-8,11H2,1-2H3,(H,23,24). The van der Waals surface area contributed by atoms with E-state index in [0.29, 0.717) is 41.6 Å². The number of thiophene rings is 1. The van der Waals surface area contributed by atoms with Gasteiger partial charge in [0.1, 0.15) is 10.8 Å². The van der Waals surface area contributed by atoms with Crippen molar-refractivity contribution in [2.24, 2.45) is 0 Å². The van der Waals surface area contributed by atoms with Gasteiger partial charge in [0, 0.05) is 16.3 Å². The number of carbonyl (C=O) groups excluding carboxylic acids is 2. The van der Waals surface area contributed by atoms with Gasteiger partial charge in [0.15, 0.2) is 0 Å². The van der Waals surface area contributed by atoms with E-state index in [1.807, 2.05) is 19.1 Å². The van der Waals surface area contributed by atoms with Crippen molar-refractivity contribution in [2.75, 3.05) is 18.5 Å². The lowest BCUT2D eigenvalue weighted by Crippen LogP contribution is -2.15. The van der Waals surface area contributed by atoms with E-state index in [-0.39, 0.29) is 11.9 Å². The van der Waals surface area contributed by atoms with Crippen molar-refractivity contribution in [1.29, 1.82) is 0 Å². The first-order valence-corrected chi connectivity index (χ1v) is 10.7. The lowest BCUT2D eigenvalue weighted by molar-refractivity contribution is -0.116. The number of amides is 1. The highest BCUT2D eigenvalue weighted by molar-refractivity contribution is 7.17. The van der Waals surface area contributed by atoms with E-state index in [4.69, 9.17) is 21.1 Å². The number of anilines is 1. The van der Waals surface area contributed by atoms with Crippen LogP contribution in [-0.2, 0) is 22.4 Å². The first-order chi connectivity index (χ1) is 13.5. The highest BCUT2D eigenvalue weighted by atomic mass is 35.5. The molecule has 0 fully saturated rings. The maximum atomic E-state index is 12.4. The minimum Gasteiger partial charge on any atom is -0.493 e. The van der Waals surface area contributed by atoms with E-state index in [9.17, 15) is 9.59 Å². The summed E-state index contributed by atoms with van der Waals surface area (Å²) in [6, 6.07) is 5.45. The highest BCUT2D eigenvalue weighted by Gasteiger charge is 2.28. The summed E-state index contributed by atoms with van der Waals surface area (Å²) in [4.78, 5) is 25.9. The minimum atomic E-state index is -0.348. The van der Waals surface area contributed by atoms with E-state index in [1.54, 1.807) is 13.0 Å². The number of ether oxygens (including phenoxy) is 2. The topological polar surface area (TPSA) is 64.6 Å². The van der Waals surface area contributed by atoms with Crippen LogP contribution in [0.1, 0.15) is 52.5 Å². The highest BCUT2D eigenvalue weighted by Crippen LogP contribution is 2.39. The smallest absolute Gasteiger partial charge is 0.341 e. The van der Waals surface area contributed by atoms with Crippen LogP contribution in [0.5, 0.6) is 5.75 Å². The number of halogens is 1. The Bertz CT molecular complexity index is 878. The maximum Gasteiger partial charge on any atom is 0.341 e. The van der Waals surface area contributed by atoms with Crippen molar-refractivity contribution in [3.05, 3.63) is 44.8 Å². The van der Waals surface area contributed by atoms with Crippen LogP contribution in [0.15, 0.2) is 18.2 Å². The number of esters is 1. The maximum absolute atomic E-state index is 12.4. The molecule has 150 valence electrons. The van der Waals surface area contributed by atoms with Crippen LogP contribution >= 0.6 is 22.9 Å². The summed E-state index contributed by atoms with van der Waals surface area (Å²) in [6.07, 6.45) is 3.76. The Morgan fingerprint density at radius 1 is 1.29 bits per heavy atom. The number of benzene rings is 1. The van der Waals surface area contributed by atoms with Gasteiger partial charge in [0.25, 0.3) is 0 Å². The number of hydrogen-bond acceptors (Lipinski definition) is 5. The van der Waals surface area contributed by atoms with E-state index < -0.39 is 0 Å². The second-order valence-electron chi connectivity index (χ2n) is 6.69. The van der Waals surface area contributed by atoms with Crippen molar-refractivity contribution in [3.8, 4) is 5.75 Å². The van der Waals surface area contributed by atoms with Gasteiger partial charge in [-0.05, 0) is 68.9 Å². The Hall–Kier alpha value is -2.05. The lowest BCUT2D eigenvalue weighted by atomic mass is 10.1. The van der Waals surface area contributed by atoms with E-state index in [1.165, 1.54) is 16.2 Å². The second kappa shape index (κ2) is 9.43. The monoisotopic (exact) mass is 421 g/mol. The van der Waals surface area contributed by atoms with Gasteiger partial charge in [-0.2, -0.15) is 0 Å². The molecule has 0 radical (unpaired) electrons. The average Bonchev–Trinajstić information content (AvgIpc) is 3.21. The fourth-order valence-corrected chi connectivity index (χ4v) is 4.81. The molecule has 0 atom stereocenters. The number of rotatable bonds is 8. The summed E-state index contributed by atoms with van der Waals surface area (Å²) in [5, 5.41) is 4.19. The third kappa shape index (κ3) is 4.86. The first-order valence-electron chi connectivity index (χ1n) is 9.50. The van der Waals surface area contributed by atoms with Crippen LogP contribution in [0.2, 0.25) is 5.02 Å². The van der Waals surface area contributed by atoms with E-state index >= 15 is 0 Å². The molecule has 1 N–H and O–H groups in total. The van der Waals surface area contributed by atoms with Crippen molar-refractivity contribution in [2.45, 2.75) is 46.0 Å². The normalized spacial score (nSPS) is 12.5. The zero-order chi connectivity index (χ0) is 20.1. The molecule has 28 heavy (non-hydrogen) atoms. The fourth-order valence-electron chi connectivity index (χ4n) is 3.29. The van der Waals surface area contributed by atoms with Gasteiger partial charge < -0.3 is 14.8 Å². The predicted molar refractivity (Wildman–Crippen MR) is 112 cm³/mol. The molecule has 0 saturated heterocycles.